The van der Waals surface area contributed by atoms with Crippen molar-refractivity contribution in [2.45, 2.75) is 13.8 Å². The molecule has 0 fully saturated rings. The van der Waals surface area contributed by atoms with E-state index in [2.05, 4.69) is 0 Å². The minimum Gasteiger partial charge on any atom is -0.394 e. The number of ether oxygens (including phenoxy) is 2. The lowest BCUT2D eigenvalue weighted by atomic mass is 10.2. The Morgan fingerprint density at radius 2 is 1.19 bits per heavy atom. The number of nitrogens with zero attached hydrogens (tertiary/aromatic N) is 2. The van der Waals surface area contributed by atoms with E-state index in [0.717, 1.165) is 12.1 Å². The number of carbonyl (C=O) groups is 1. The Balaban J connectivity index is 2.27. The first-order valence-electron chi connectivity index (χ1n) is 6.89. The van der Waals surface area contributed by atoms with E-state index in [0.29, 0.717) is 12.1 Å². The molecule has 2 aromatic rings. The quantitative estimate of drug-likeness (QED) is 0.346. The highest BCUT2D eigenvalue weighted by Gasteiger charge is 2.22. The summed E-state index contributed by atoms with van der Waals surface area (Å²) in [5.41, 5.74) is -1.67. The van der Waals surface area contributed by atoms with Gasteiger partial charge in [-0.15, -0.1) is 0 Å². The first-order chi connectivity index (χ1) is 12.1. The van der Waals surface area contributed by atoms with Crippen LogP contribution >= 0.6 is 0 Å². The average molecular weight is 368 g/mol. The zero-order chi connectivity index (χ0) is 19.6. The van der Waals surface area contributed by atoms with Crippen LogP contribution in [-0.4, -0.2) is 16.0 Å². The molecule has 2 aromatic carbocycles. The predicted molar refractivity (Wildman–Crippen MR) is 82.2 cm³/mol. The lowest BCUT2D eigenvalue weighted by Gasteiger charge is -2.10. The van der Waals surface area contributed by atoms with Crippen molar-refractivity contribution in [3.05, 3.63) is 67.3 Å². The molecule has 0 N–H and O–H groups in total. The number of aryl methyl sites for hydroxylation is 2. The fourth-order valence-corrected chi connectivity index (χ4v) is 1.98. The Hall–Kier alpha value is -3.63. The Labute approximate surface area is 144 Å². The molecule has 0 amide bonds. The van der Waals surface area contributed by atoms with Gasteiger partial charge in [0.15, 0.2) is 0 Å². The van der Waals surface area contributed by atoms with E-state index in [1.807, 2.05) is 0 Å². The van der Waals surface area contributed by atoms with Gasteiger partial charge < -0.3 is 9.47 Å². The van der Waals surface area contributed by atoms with E-state index in [1.165, 1.54) is 13.8 Å². The first kappa shape index (κ1) is 18.7. The third-order valence-corrected chi connectivity index (χ3v) is 3.27. The molecule has 0 aliphatic carbocycles. The van der Waals surface area contributed by atoms with Crippen LogP contribution < -0.4 is 9.47 Å². The summed E-state index contributed by atoms with van der Waals surface area (Å²) in [5.74, 6) is -2.90. The molecule has 0 unspecified atom stereocenters. The van der Waals surface area contributed by atoms with Crippen LogP contribution in [0.1, 0.15) is 11.1 Å². The van der Waals surface area contributed by atoms with Crippen molar-refractivity contribution in [1.82, 2.24) is 0 Å². The second-order valence-electron chi connectivity index (χ2n) is 5.11. The maximum absolute atomic E-state index is 13.5. The van der Waals surface area contributed by atoms with Gasteiger partial charge in [0.2, 0.25) is 11.6 Å². The Kier molecular flexibility index (Phi) is 5.10. The molecular weight excluding hydrogens is 358 g/mol. The molecule has 0 saturated heterocycles. The van der Waals surface area contributed by atoms with E-state index in [9.17, 15) is 33.8 Å². The fourth-order valence-electron chi connectivity index (χ4n) is 1.98. The van der Waals surface area contributed by atoms with E-state index in [4.69, 9.17) is 9.47 Å². The summed E-state index contributed by atoms with van der Waals surface area (Å²) in [6, 6.07) is 3.00. The normalized spacial score (nSPS) is 10.3. The lowest BCUT2D eigenvalue weighted by Crippen LogP contribution is -2.15. The number of rotatable bonds is 4. The summed E-state index contributed by atoms with van der Waals surface area (Å²) >= 11 is 0. The number of nitro benzene ring substituents is 2. The molecule has 2 rings (SSSR count). The predicted octanol–water partition coefficient (Wildman–Crippen LogP) is 3.98. The summed E-state index contributed by atoms with van der Waals surface area (Å²) in [4.78, 5) is 31.3. The standard InChI is InChI=1S/C15H10F2N2O7/c1-7-3-9(16)11(18(21)22)5-13(7)25-15(20)26-14-6-12(19(23)24)10(17)4-8(14)2/h3-6H,1-2H3. The lowest BCUT2D eigenvalue weighted by molar-refractivity contribution is -0.387. The summed E-state index contributed by atoms with van der Waals surface area (Å²) in [6.07, 6.45) is -1.39. The van der Waals surface area contributed by atoms with Gasteiger partial charge >= 0.3 is 17.5 Å². The molecule has 0 spiro atoms. The molecule has 136 valence electrons. The maximum Gasteiger partial charge on any atom is 0.519 e. The summed E-state index contributed by atoms with van der Waals surface area (Å²) in [6.45, 7) is 2.67. The number of hydrogen-bond donors (Lipinski definition) is 0. The highest BCUT2D eigenvalue weighted by Crippen LogP contribution is 2.30. The molecule has 11 heteroatoms. The minimum atomic E-state index is -1.39. The Morgan fingerprint density at radius 3 is 1.50 bits per heavy atom. The monoisotopic (exact) mass is 368 g/mol. The second-order valence-corrected chi connectivity index (χ2v) is 5.11. The molecule has 26 heavy (non-hydrogen) atoms. The number of carbonyl (C=O) groups excluding carboxylic acids is 1. The summed E-state index contributed by atoms with van der Waals surface area (Å²) in [7, 11) is 0. The molecule has 0 saturated carbocycles. The van der Waals surface area contributed by atoms with Gasteiger partial charge in [0, 0.05) is 0 Å². The van der Waals surface area contributed by atoms with Crippen molar-refractivity contribution in [3.63, 3.8) is 0 Å². The van der Waals surface area contributed by atoms with Crippen molar-refractivity contribution in [1.29, 1.82) is 0 Å². The van der Waals surface area contributed by atoms with Gasteiger partial charge in [0.05, 0.1) is 22.0 Å². The van der Waals surface area contributed by atoms with Crippen molar-refractivity contribution >= 4 is 17.5 Å². The molecule has 0 aliphatic rings. The molecule has 0 atom stereocenters. The fraction of sp³-hybridized carbons (Fsp3) is 0.133. The first-order valence-corrected chi connectivity index (χ1v) is 6.89. The van der Waals surface area contributed by atoms with Crippen molar-refractivity contribution in [2.75, 3.05) is 0 Å². The van der Waals surface area contributed by atoms with Crippen LogP contribution in [0.4, 0.5) is 25.0 Å². The third kappa shape index (κ3) is 3.88. The number of benzene rings is 2. The molecule has 0 bridgehead atoms. The topological polar surface area (TPSA) is 122 Å². The molecular formula is C15H10F2N2O7. The van der Waals surface area contributed by atoms with Crippen LogP contribution in [0.3, 0.4) is 0 Å². The van der Waals surface area contributed by atoms with Gasteiger partial charge in [0.25, 0.3) is 0 Å². The summed E-state index contributed by atoms with van der Waals surface area (Å²) < 4.78 is 36.5. The van der Waals surface area contributed by atoms with E-state index in [-0.39, 0.29) is 22.6 Å². The third-order valence-electron chi connectivity index (χ3n) is 3.27. The zero-order valence-electron chi connectivity index (χ0n) is 13.3. The number of nitro groups is 2. The highest BCUT2D eigenvalue weighted by atomic mass is 19.1. The van der Waals surface area contributed by atoms with E-state index < -0.39 is 39.0 Å². The smallest absolute Gasteiger partial charge is 0.394 e. The van der Waals surface area contributed by atoms with Gasteiger partial charge in [-0.2, -0.15) is 8.78 Å². The van der Waals surface area contributed by atoms with Crippen LogP contribution in [0.5, 0.6) is 11.5 Å². The Morgan fingerprint density at radius 1 is 0.846 bits per heavy atom. The van der Waals surface area contributed by atoms with Crippen molar-refractivity contribution < 1.29 is 32.9 Å². The molecule has 0 aromatic heterocycles. The van der Waals surface area contributed by atoms with Crippen LogP contribution in [0.15, 0.2) is 24.3 Å². The number of hydrogen-bond acceptors (Lipinski definition) is 7. The van der Waals surface area contributed by atoms with Crippen LogP contribution in [0, 0.1) is 45.7 Å². The van der Waals surface area contributed by atoms with Gasteiger partial charge in [0.1, 0.15) is 11.5 Å². The highest BCUT2D eigenvalue weighted by molar-refractivity contribution is 5.69. The van der Waals surface area contributed by atoms with Crippen LogP contribution in [0.2, 0.25) is 0 Å². The van der Waals surface area contributed by atoms with Crippen molar-refractivity contribution in [3.8, 4) is 11.5 Å². The average Bonchev–Trinajstić information content (AvgIpc) is 2.51. The Bertz CT molecular complexity index is 857. The molecule has 9 nitrogen and oxygen atoms in total. The van der Waals surface area contributed by atoms with E-state index in [1.54, 1.807) is 0 Å². The largest absolute Gasteiger partial charge is 0.519 e. The maximum atomic E-state index is 13.5. The number of halogens is 2. The van der Waals surface area contributed by atoms with Gasteiger partial charge in [-0.1, -0.05) is 0 Å². The SMILES string of the molecule is Cc1cc(F)c([N+](=O)[O-])cc1OC(=O)Oc1cc([N+](=O)[O-])c(F)cc1C. The molecule has 0 aliphatic heterocycles. The van der Waals surface area contributed by atoms with E-state index >= 15 is 0 Å². The molecule has 0 heterocycles. The molecule has 0 radical (unpaired) electrons. The second kappa shape index (κ2) is 7.09. The minimum absolute atomic E-state index is 0.0758. The van der Waals surface area contributed by atoms with Crippen molar-refractivity contribution in [2.24, 2.45) is 0 Å². The zero-order valence-corrected chi connectivity index (χ0v) is 13.3. The van der Waals surface area contributed by atoms with Gasteiger partial charge in [-0.05, 0) is 37.1 Å². The van der Waals surface area contributed by atoms with Crippen LogP contribution in [-0.2, 0) is 0 Å². The van der Waals surface area contributed by atoms with Gasteiger partial charge in [-0.25, -0.2) is 4.79 Å². The van der Waals surface area contributed by atoms with Crippen LogP contribution in [0.25, 0.3) is 0 Å². The van der Waals surface area contributed by atoms with Gasteiger partial charge in [-0.3, -0.25) is 20.2 Å². The summed E-state index contributed by atoms with van der Waals surface area (Å²) in [5, 5.41) is 21.5.